The van der Waals surface area contributed by atoms with Gasteiger partial charge in [-0.05, 0) is 67.0 Å². The zero-order chi connectivity index (χ0) is 32.1. The maximum atomic E-state index is 13.2. The zero-order valence-electron chi connectivity index (χ0n) is 26.4. The third-order valence-corrected chi connectivity index (χ3v) is 8.23. The number of amides is 1. The summed E-state index contributed by atoms with van der Waals surface area (Å²) in [5.41, 5.74) is 3.74. The Morgan fingerprint density at radius 3 is 2.20 bits per heavy atom. The van der Waals surface area contributed by atoms with Gasteiger partial charge in [0.25, 0.3) is 0 Å². The van der Waals surface area contributed by atoms with Gasteiger partial charge < -0.3 is 19.7 Å². The second-order valence-electron chi connectivity index (χ2n) is 11.8. The second kappa shape index (κ2) is 16.4. The fourth-order valence-electron chi connectivity index (χ4n) is 5.46. The first-order valence-corrected chi connectivity index (χ1v) is 16.1. The molecular weight excluding hydrogens is 576 g/mol. The van der Waals surface area contributed by atoms with Gasteiger partial charge in [-0.15, -0.1) is 0 Å². The van der Waals surface area contributed by atoms with Crippen LogP contribution < -0.4 is 10.1 Å². The maximum absolute atomic E-state index is 13.2. The number of para-hydroxylation sites is 1. The summed E-state index contributed by atoms with van der Waals surface area (Å²) in [6.07, 6.45) is 4.80. The molecule has 0 saturated heterocycles. The molecule has 1 aliphatic carbocycles. The van der Waals surface area contributed by atoms with E-state index in [0.717, 1.165) is 30.7 Å². The maximum Gasteiger partial charge on any atom is 0.328 e. The number of ether oxygens (including phenoxy) is 2. The van der Waals surface area contributed by atoms with Gasteiger partial charge in [-0.1, -0.05) is 84.9 Å². The molecule has 46 heavy (non-hydrogen) atoms. The van der Waals surface area contributed by atoms with Crippen molar-refractivity contribution in [1.29, 1.82) is 0 Å². The van der Waals surface area contributed by atoms with Crippen molar-refractivity contribution in [3.63, 3.8) is 0 Å². The SMILES string of the molecule is COC(=O)[C@H](Cc1ccc(OCCCN(CC2CC2)C(=O)CCc2ccccc2)cc1)Nc1ccccc1C(=O)c1ccccc1. The summed E-state index contributed by atoms with van der Waals surface area (Å²) in [5, 5.41) is 3.25. The third kappa shape index (κ3) is 9.54. The van der Waals surface area contributed by atoms with Crippen LogP contribution in [-0.4, -0.2) is 55.4 Å². The lowest BCUT2D eigenvalue weighted by Crippen LogP contribution is -2.34. The molecule has 5 rings (SSSR count). The van der Waals surface area contributed by atoms with E-state index >= 15 is 0 Å². The average Bonchev–Trinajstić information content (AvgIpc) is 3.93. The molecule has 1 saturated carbocycles. The van der Waals surface area contributed by atoms with Gasteiger partial charge in [-0.25, -0.2) is 4.79 Å². The number of methoxy groups -OCH3 is 1. The molecule has 238 valence electrons. The molecule has 7 heteroatoms. The minimum atomic E-state index is -0.696. The van der Waals surface area contributed by atoms with E-state index in [4.69, 9.17) is 9.47 Å². The first-order chi connectivity index (χ1) is 22.5. The average molecular weight is 619 g/mol. The van der Waals surface area contributed by atoms with Crippen molar-refractivity contribution in [3.05, 3.63) is 131 Å². The van der Waals surface area contributed by atoms with Gasteiger partial charge in [0, 0.05) is 42.7 Å². The highest BCUT2D eigenvalue weighted by molar-refractivity contribution is 6.12. The Hall–Kier alpha value is -4.91. The monoisotopic (exact) mass is 618 g/mol. The molecule has 1 fully saturated rings. The Bertz CT molecular complexity index is 1570. The third-order valence-electron chi connectivity index (χ3n) is 8.23. The fourth-order valence-corrected chi connectivity index (χ4v) is 5.46. The summed E-state index contributed by atoms with van der Waals surface area (Å²) >= 11 is 0. The van der Waals surface area contributed by atoms with Crippen molar-refractivity contribution in [3.8, 4) is 5.75 Å². The van der Waals surface area contributed by atoms with Crippen LogP contribution in [-0.2, 0) is 27.2 Å². The van der Waals surface area contributed by atoms with Crippen molar-refractivity contribution in [2.75, 3.05) is 32.1 Å². The van der Waals surface area contributed by atoms with Crippen LogP contribution in [0.15, 0.2) is 109 Å². The number of hydrogen-bond donors (Lipinski definition) is 1. The van der Waals surface area contributed by atoms with Crippen molar-refractivity contribution >= 4 is 23.3 Å². The summed E-state index contributed by atoms with van der Waals surface area (Å²) in [7, 11) is 1.36. The van der Waals surface area contributed by atoms with Crippen molar-refractivity contribution in [2.45, 2.75) is 44.6 Å². The van der Waals surface area contributed by atoms with E-state index in [-0.39, 0.29) is 11.7 Å². The molecule has 0 unspecified atom stereocenters. The Balaban J connectivity index is 1.13. The Labute approximate surface area is 271 Å². The van der Waals surface area contributed by atoms with Crippen LogP contribution in [0.2, 0.25) is 0 Å². The molecular formula is C39H42N2O5. The molecule has 0 aromatic heterocycles. The largest absolute Gasteiger partial charge is 0.494 e. The summed E-state index contributed by atoms with van der Waals surface area (Å²) in [6.45, 7) is 2.02. The molecule has 0 radical (unpaired) electrons. The van der Waals surface area contributed by atoms with Crippen LogP contribution in [0, 0.1) is 5.92 Å². The van der Waals surface area contributed by atoms with Gasteiger partial charge in [0.15, 0.2) is 5.78 Å². The van der Waals surface area contributed by atoms with Crippen molar-refractivity contribution < 1.29 is 23.9 Å². The van der Waals surface area contributed by atoms with Gasteiger partial charge in [-0.3, -0.25) is 9.59 Å². The fraction of sp³-hybridized carbons (Fsp3) is 0.308. The summed E-state index contributed by atoms with van der Waals surface area (Å²) in [5.74, 6) is 1.03. The number of benzene rings is 4. The number of carbonyl (C=O) groups is 3. The molecule has 7 nitrogen and oxygen atoms in total. The van der Waals surface area contributed by atoms with E-state index in [1.165, 1.54) is 25.5 Å². The first kappa shape index (κ1) is 32.5. The van der Waals surface area contributed by atoms with Crippen molar-refractivity contribution in [1.82, 2.24) is 4.90 Å². The number of anilines is 1. The van der Waals surface area contributed by atoms with E-state index in [0.29, 0.717) is 48.7 Å². The topological polar surface area (TPSA) is 84.9 Å². The van der Waals surface area contributed by atoms with Gasteiger partial charge in [-0.2, -0.15) is 0 Å². The minimum absolute atomic E-state index is 0.124. The highest BCUT2D eigenvalue weighted by atomic mass is 16.5. The molecule has 1 N–H and O–H groups in total. The number of carbonyl (C=O) groups excluding carboxylic acids is 3. The van der Waals surface area contributed by atoms with Crippen molar-refractivity contribution in [2.24, 2.45) is 5.92 Å². The van der Waals surface area contributed by atoms with E-state index in [9.17, 15) is 14.4 Å². The number of rotatable bonds is 17. The molecule has 0 bridgehead atoms. The van der Waals surface area contributed by atoms with Crippen LogP contribution in [0.1, 0.15) is 52.7 Å². The van der Waals surface area contributed by atoms with E-state index in [1.807, 2.05) is 77.7 Å². The standard InChI is InChI=1S/C39H42N2O5/c1-45-39(44)36(40-35-16-9-8-15-34(35)38(43)32-13-6-3-7-14-32)27-30-19-22-33(23-20-30)46-26-10-25-41(28-31-17-18-31)37(42)24-21-29-11-4-2-5-12-29/h2-9,11-16,19-20,22-23,31,36,40H,10,17-18,21,24-28H2,1H3/t36-/m0/s1. The molecule has 1 amide bonds. The van der Waals surface area contributed by atoms with Crippen LogP contribution in [0.3, 0.4) is 0 Å². The number of aryl methyl sites for hydroxylation is 1. The Morgan fingerprint density at radius 2 is 1.50 bits per heavy atom. The number of nitrogens with zero attached hydrogens (tertiary/aromatic N) is 1. The zero-order valence-corrected chi connectivity index (χ0v) is 26.4. The highest BCUT2D eigenvalue weighted by Gasteiger charge is 2.26. The van der Waals surface area contributed by atoms with Crippen LogP contribution in [0.5, 0.6) is 5.75 Å². The van der Waals surface area contributed by atoms with Crippen LogP contribution in [0.25, 0.3) is 0 Å². The predicted octanol–water partition coefficient (Wildman–Crippen LogP) is 6.75. The lowest BCUT2D eigenvalue weighted by atomic mass is 10.00. The number of nitrogens with one attached hydrogen (secondary N) is 1. The summed E-state index contributed by atoms with van der Waals surface area (Å²) in [6, 6.07) is 33.4. The number of hydrogen-bond acceptors (Lipinski definition) is 6. The molecule has 4 aromatic carbocycles. The highest BCUT2D eigenvalue weighted by Crippen LogP contribution is 2.30. The van der Waals surface area contributed by atoms with E-state index < -0.39 is 12.0 Å². The van der Waals surface area contributed by atoms with Gasteiger partial charge >= 0.3 is 5.97 Å². The first-order valence-electron chi connectivity index (χ1n) is 16.1. The molecule has 1 aliphatic rings. The normalized spacial score (nSPS) is 13.0. The molecule has 4 aromatic rings. The molecule has 1 atom stereocenters. The Kier molecular flexibility index (Phi) is 11.6. The lowest BCUT2D eigenvalue weighted by Gasteiger charge is -2.23. The van der Waals surface area contributed by atoms with Gasteiger partial charge in [0.1, 0.15) is 11.8 Å². The van der Waals surface area contributed by atoms with Crippen LogP contribution in [0.4, 0.5) is 5.69 Å². The summed E-state index contributed by atoms with van der Waals surface area (Å²) in [4.78, 5) is 41.0. The van der Waals surface area contributed by atoms with Crippen LogP contribution >= 0.6 is 0 Å². The van der Waals surface area contributed by atoms with Gasteiger partial charge in [0.2, 0.25) is 5.91 Å². The quantitative estimate of drug-likeness (QED) is 0.0800. The van der Waals surface area contributed by atoms with Gasteiger partial charge in [0.05, 0.1) is 13.7 Å². The minimum Gasteiger partial charge on any atom is -0.494 e. The second-order valence-corrected chi connectivity index (χ2v) is 11.8. The molecule has 0 heterocycles. The number of ketones is 1. The molecule has 0 spiro atoms. The summed E-state index contributed by atoms with van der Waals surface area (Å²) < 4.78 is 11.1. The van der Waals surface area contributed by atoms with E-state index in [2.05, 4.69) is 17.4 Å². The lowest BCUT2D eigenvalue weighted by molar-refractivity contribution is -0.141. The smallest absolute Gasteiger partial charge is 0.328 e. The predicted molar refractivity (Wildman–Crippen MR) is 180 cm³/mol. The Morgan fingerprint density at radius 1 is 0.826 bits per heavy atom. The number of esters is 1. The molecule has 0 aliphatic heterocycles. The van der Waals surface area contributed by atoms with E-state index in [1.54, 1.807) is 24.3 Å².